The van der Waals surface area contributed by atoms with Crippen LogP contribution in [0.15, 0.2) is 42.5 Å². The van der Waals surface area contributed by atoms with Crippen LogP contribution in [0, 0.1) is 6.92 Å². The summed E-state index contributed by atoms with van der Waals surface area (Å²) in [6.45, 7) is 5.37. The molecule has 2 amide bonds. The number of rotatable bonds is 6. The van der Waals surface area contributed by atoms with E-state index in [4.69, 9.17) is 11.6 Å². The Kier molecular flexibility index (Phi) is 6.48. The van der Waals surface area contributed by atoms with Gasteiger partial charge in [0.1, 0.15) is 0 Å². The Balaban J connectivity index is 1.48. The SMILES string of the molecule is Cc1ccc(-c2ccc(C(=O)NCCCN3CCNC(=O)C3)cc2)cc1Cl. The highest BCUT2D eigenvalue weighted by atomic mass is 35.5. The van der Waals surface area contributed by atoms with Crippen molar-refractivity contribution in [1.29, 1.82) is 0 Å². The molecule has 1 aliphatic rings. The number of aryl methyl sites for hydroxylation is 1. The molecule has 2 aromatic rings. The lowest BCUT2D eigenvalue weighted by Crippen LogP contribution is -2.48. The van der Waals surface area contributed by atoms with Crippen molar-refractivity contribution >= 4 is 23.4 Å². The molecule has 0 aliphatic carbocycles. The lowest BCUT2D eigenvalue weighted by Gasteiger charge is -2.26. The molecule has 0 unspecified atom stereocenters. The van der Waals surface area contributed by atoms with Crippen LogP contribution in [-0.4, -0.2) is 49.4 Å². The Hall–Kier alpha value is -2.37. The van der Waals surface area contributed by atoms with E-state index in [2.05, 4.69) is 15.5 Å². The molecule has 1 fully saturated rings. The summed E-state index contributed by atoms with van der Waals surface area (Å²) in [5.74, 6) is -0.0138. The van der Waals surface area contributed by atoms with E-state index < -0.39 is 0 Å². The molecule has 0 radical (unpaired) electrons. The largest absolute Gasteiger partial charge is 0.354 e. The van der Waals surface area contributed by atoms with Gasteiger partial charge in [0.05, 0.1) is 6.54 Å². The van der Waals surface area contributed by atoms with E-state index in [1.165, 1.54) is 0 Å². The van der Waals surface area contributed by atoms with Crippen molar-refractivity contribution < 1.29 is 9.59 Å². The highest BCUT2D eigenvalue weighted by Gasteiger charge is 2.15. The maximum atomic E-state index is 12.3. The Morgan fingerprint density at radius 3 is 2.63 bits per heavy atom. The van der Waals surface area contributed by atoms with Gasteiger partial charge >= 0.3 is 0 Å². The molecule has 1 saturated heterocycles. The average molecular weight is 386 g/mol. The summed E-state index contributed by atoms with van der Waals surface area (Å²) in [4.78, 5) is 25.7. The first-order chi connectivity index (χ1) is 13.0. The molecule has 2 N–H and O–H groups in total. The van der Waals surface area contributed by atoms with E-state index in [1.54, 1.807) is 0 Å². The zero-order valence-corrected chi connectivity index (χ0v) is 16.2. The second-order valence-electron chi connectivity index (χ2n) is 6.78. The third kappa shape index (κ3) is 5.31. The topological polar surface area (TPSA) is 61.4 Å². The Bertz CT molecular complexity index is 821. The number of piperazine rings is 1. The first-order valence-corrected chi connectivity index (χ1v) is 9.54. The number of carbonyl (C=O) groups excluding carboxylic acids is 2. The molecular formula is C21H24ClN3O2. The van der Waals surface area contributed by atoms with Crippen molar-refractivity contribution in [3.05, 3.63) is 58.6 Å². The zero-order valence-electron chi connectivity index (χ0n) is 15.4. The zero-order chi connectivity index (χ0) is 19.2. The Labute approximate surface area is 164 Å². The summed E-state index contributed by atoms with van der Waals surface area (Å²) < 4.78 is 0. The fraction of sp³-hybridized carbons (Fsp3) is 0.333. The third-order valence-electron chi connectivity index (χ3n) is 4.71. The summed E-state index contributed by atoms with van der Waals surface area (Å²) in [6.07, 6.45) is 0.818. The molecule has 0 saturated carbocycles. The van der Waals surface area contributed by atoms with Gasteiger partial charge in [-0.05, 0) is 48.2 Å². The number of halogens is 1. The van der Waals surface area contributed by atoms with Crippen LogP contribution in [0.4, 0.5) is 0 Å². The van der Waals surface area contributed by atoms with Crippen LogP contribution in [0.5, 0.6) is 0 Å². The number of amides is 2. The molecule has 5 nitrogen and oxygen atoms in total. The van der Waals surface area contributed by atoms with Crippen LogP contribution in [0.3, 0.4) is 0 Å². The van der Waals surface area contributed by atoms with Crippen molar-refractivity contribution in [2.75, 3.05) is 32.7 Å². The molecule has 2 aromatic carbocycles. The fourth-order valence-corrected chi connectivity index (χ4v) is 3.26. The van der Waals surface area contributed by atoms with Crippen molar-refractivity contribution in [1.82, 2.24) is 15.5 Å². The minimum Gasteiger partial charge on any atom is -0.354 e. The van der Waals surface area contributed by atoms with E-state index >= 15 is 0 Å². The molecule has 0 aromatic heterocycles. The van der Waals surface area contributed by atoms with Gasteiger partial charge in [0.25, 0.3) is 5.91 Å². The predicted octanol–water partition coefficient (Wildman–Crippen LogP) is 2.87. The monoisotopic (exact) mass is 385 g/mol. The van der Waals surface area contributed by atoms with Crippen molar-refractivity contribution in [3.8, 4) is 11.1 Å². The van der Waals surface area contributed by atoms with Crippen LogP contribution in [0.25, 0.3) is 11.1 Å². The normalized spacial score (nSPS) is 14.7. The number of carbonyl (C=O) groups is 2. The quantitative estimate of drug-likeness (QED) is 0.751. The molecule has 1 aliphatic heterocycles. The lowest BCUT2D eigenvalue weighted by atomic mass is 10.0. The smallest absolute Gasteiger partial charge is 0.251 e. The van der Waals surface area contributed by atoms with E-state index in [-0.39, 0.29) is 11.8 Å². The minimum atomic E-state index is -0.0834. The standard InChI is InChI=1S/C21H24ClN3O2/c1-15-3-4-18(13-19(15)22)16-5-7-17(8-6-16)21(27)24-9-2-11-25-12-10-23-20(26)14-25/h3-8,13H,2,9-12,14H2,1H3,(H,23,26)(H,24,27). The number of hydrogen-bond donors (Lipinski definition) is 2. The predicted molar refractivity (Wildman–Crippen MR) is 108 cm³/mol. The molecular weight excluding hydrogens is 362 g/mol. The molecule has 0 atom stereocenters. The summed E-state index contributed by atoms with van der Waals surface area (Å²) in [7, 11) is 0. The van der Waals surface area contributed by atoms with Gasteiger partial charge in [-0.1, -0.05) is 35.9 Å². The number of nitrogens with zero attached hydrogens (tertiary/aromatic N) is 1. The summed E-state index contributed by atoms with van der Waals surface area (Å²) in [5, 5.41) is 6.48. The molecule has 0 spiro atoms. The number of benzene rings is 2. The van der Waals surface area contributed by atoms with E-state index in [9.17, 15) is 9.59 Å². The van der Waals surface area contributed by atoms with E-state index in [0.29, 0.717) is 25.2 Å². The molecule has 27 heavy (non-hydrogen) atoms. The van der Waals surface area contributed by atoms with Gasteiger partial charge in [-0.15, -0.1) is 0 Å². The van der Waals surface area contributed by atoms with Gasteiger partial charge in [0.15, 0.2) is 0 Å². The van der Waals surface area contributed by atoms with Crippen LogP contribution in [0.1, 0.15) is 22.3 Å². The number of nitrogens with one attached hydrogen (secondary N) is 2. The van der Waals surface area contributed by atoms with Crippen LogP contribution < -0.4 is 10.6 Å². The van der Waals surface area contributed by atoms with Gasteiger partial charge in [-0.2, -0.15) is 0 Å². The second kappa shape index (κ2) is 9.02. The minimum absolute atomic E-state index is 0.0697. The van der Waals surface area contributed by atoms with Gasteiger partial charge in [0.2, 0.25) is 5.91 Å². The van der Waals surface area contributed by atoms with Crippen LogP contribution in [-0.2, 0) is 4.79 Å². The fourth-order valence-electron chi connectivity index (χ4n) is 3.08. The molecule has 3 rings (SSSR count). The summed E-state index contributed by atoms with van der Waals surface area (Å²) in [6, 6.07) is 13.5. The van der Waals surface area contributed by atoms with Gasteiger partial charge < -0.3 is 10.6 Å². The first-order valence-electron chi connectivity index (χ1n) is 9.17. The van der Waals surface area contributed by atoms with Gasteiger partial charge in [-0.25, -0.2) is 0 Å². The molecule has 0 bridgehead atoms. The number of hydrogen-bond acceptors (Lipinski definition) is 3. The second-order valence-corrected chi connectivity index (χ2v) is 7.18. The lowest BCUT2D eigenvalue weighted by molar-refractivity contribution is -0.124. The third-order valence-corrected chi connectivity index (χ3v) is 5.11. The van der Waals surface area contributed by atoms with Crippen LogP contribution >= 0.6 is 11.6 Å². The van der Waals surface area contributed by atoms with Crippen LogP contribution in [0.2, 0.25) is 5.02 Å². The van der Waals surface area contributed by atoms with E-state index in [1.807, 2.05) is 49.4 Å². The average Bonchev–Trinajstić information content (AvgIpc) is 2.67. The summed E-state index contributed by atoms with van der Waals surface area (Å²) >= 11 is 6.19. The van der Waals surface area contributed by atoms with Gasteiger partial charge in [-0.3, -0.25) is 14.5 Å². The van der Waals surface area contributed by atoms with Crippen molar-refractivity contribution in [2.45, 2.75) is 13.3 Å². The highest BCUT2D eigenvalue weighted by molar-refractivity contribution is 6.31. The maximum Gasteiger partial charge on any atom is 0.251 e. The summed E-state index contributed by atoms with van der Waals surface area (Å²) in [5.41, 5.74) is 3.73. The van der Waals surface area contributed by atoms with Crippen molar-refractivity contribution in [3.63, 3.8) is 0 Å². The first kappa shape index (κ1) is 19.4. The molecule has 6 heteroatoms. The molecule has 1 heterocycles. The Morgan fingerprint density at radius 2 is 1.93 bits per heavy atom. The van der Waals surface area contributed by atoms with Gasteiger partial charge in [0, 0.05) is 36.8 Å². The maximum absolute atomic E-state index is 12.3. The molecule has 142 valence electrons. The Morgan fingerprint density at radius 1 is 1.19 bits per heavy atom. The van der Waals surface area contributed by atoms with E-state index in [0.717, 1.165) is 41.2 Å². The van der Waals surface area contributed by atoms with Crippen molar-refractivity contribution in [2.24, 2.45) is 0 Å². The highest BCUT2D eigenvalue weighted by Crippen LogP contribution is 2.25.